The third-order valence-corrected chi connectivity index (χ3v) is 1.94. The Morgan fingerprint density at radius 3 is 2.85 bits per heavy atom. The second-order valence-electron chi connectivity index (χ2n) is 2.85. The van der Waals surface area contributed by atoms with Gasteiger partial charge in [0.2, 0.25) is 0 Å². The average molecular weight is 200 g/mol. The Hall–Kier alpha value is -0.830. The topological polar surface area (TPSA) is 37.8 Å². The molecule has 1 aromatic heterocycles. The maximum Gasteiger partial charge on any atom is 0.134 e. The van der Waals surface area contributed by atoms with Gasteiger partial charge in [-0.3, -0.25) is 0 Å². The monoisotopic (exact) mass is 199 g/mol. The SMILES string of the molecule is CCCCc1nc(Cl)cc(NC)n1. The predicted octanol–water partition coefficient (Wildman–Crippen LogP) is 2.51. The van der Waals surface area contributed by atoms with Crippen LogP contribution in [0.25, 0.3) is 0 Å². The molecule has 0 aliphatic rings. The zero-order valence-electron chi connectivity index (χ0n) is 7.97. The Morgan fingerprint density at radius 2 is 2.23 bits per heavy atom. The van der Waals surface area contributed by atoms with Gasteiger partial charge in [-0.2, -0.15) is 0 Å². The smallest absolute Gasteiger partial charge is 0.134 e. The molecule has 1 rings (SSSR count). The van der Waals surface area contributed by atoms with Crippen LogP contribution in [-0.4, -0.2) is 17.0 Å². The van der Waals surface area contributed by atoms with Gasteiger partial charge >= 0.3 is 0 Å². The van der Waals surface area contributed by atoms with E-state index in [4.69, 9.17) is 11.6 Å². The number of anilines is 1. The van der Waals surface area contributed by atoms with Gasteiger partial charge < -0.3 is 5.32 Å². The lowest BCUT2D eigenvalue weighted by Gasteiger charge is -2.03. The van der Waals surface area contributed by atoms with Crippen LogP contribution < -0.4 is 5.32 Å². The molecule has 1 heterocycles. The van der Waals surface area contributed by atoms with Gasteiger partial charge in [0.1, 0.15) is 16.8 Å². The second-order valence-corrected chi connectivity index (χ2v) is 3.23. The van der Waals surface area contributed by atoms with Gasteiger partial charge in [-0.1, -0.05) is 24.9 Å². The van der Waals surface area contributed by atoms with Gasteiger partial charge in [0.15, 0.2) is 0 Å². The number of nitrogens with one attached hydrogen (secondary N) is 1. The molecule has 1 aromatic rings. The minimum Gasteiger partial charge on any atom is -0.373 e. The number of nitrogens with zero attached hydrogens (tertiary/aromatic N) is 2. The van der Waals surface area contributed by atoms with Crippen LogP contribution in [0.3, 0.4) is 0 Å². The summed E-state index contributed by atoms with van der Waals surface area (Å²) >= 11 is 5.82. The van der Waals surface area contributed by atoms with Crippen LogP contribution in [0, 0.1) is 0 Å². The zero-order valence-corrected chi connectivity index (χ0v) is 8.73. The molecule has 0 bridgehead atoms. The number of rotatable bonds is 4. The van der Waals surface area contributed by atoms with E-state index < -0.39 is 0 Å². The Bertz CT molecular complexity index is 276. The molecule has 0 spiro atoms. The predicted molar refractivity (Wildman–Crippen MR) is 55.2 cm³/mol. The van der Waals surface area contributed by atoms with E-state index in [0.717, 1.165) is 30.9 Å². The maximum atomic E-state index is 5.82. The fraction of sp³-hybridized carbons (Fsp3) is 0.556. The van der Waals surface area contributed by atoms with Crippen LogP contribution >= 0.6 is 11.6 Å². The van der Waals surface area contributed by atoms with Crippen LogP contribution in [0.1, 0.15) is 25.6 Å². The number of halogens is 1. The first-order valence-corrected chi connectivity index (χ1v) is 4.85. The molecule has 3 nitrogen and oxygen atoms in total. The summed E-state index contributed by atoms with van der Waals surface area (Å²) in [5, 5.41) is 3.45. The molecule has 0 saturated heterocycles. The van der Waals surface area contributed by atoms with E-state index in [2.05, 4.69) is 22.2 Å². The molecule has 0 aromatic carbocycles. The molecule has 4 heteroatoms. The van der Waals surface area contributed by atoms with Gasteiger partial charge in [0.25, 0.3) is 0 Å². The molecular formula is C9H14ClN3. The highest BCUT2D eigenvalue weighted by atomic mass is 35.5. The standard InChI is InChI=1S/C9H14ClN3/c1-3-4-5-8-12-7(10)6-9(11-2)13-8/h6H,3-5H2,1-2H3,(H,11,12,13). The summed E-state index contributed by atoms with van der Waals surface area (Å²) in [4.78, 5) is 8.42. The van der Waals surface area contributed by atoms with Crippen molar-refractivity contribution in [1.82, 2.24) is 9.97 Å². The summed E-state index contributed by atoms with van der Waals surface area (Å²) in [5.74, 6) is 1.60. The molecule has 0 amide bonds. The normalized spacial score (nSPS) is 10.1. The van der Waals surface area contributed by atoms with Crippen molar-refractivity contribution < 1.29 is 0 Å². The van der Waals surface area contributed by atoms with Crippen molar-refractivity contribution in [2.75, 3.05) is 12.4 Å². The minimum absolute atomic E-state index is 0.505. The molecule has 0 aliphatic carbocycles. The summed E-state index contributed by atoms with van der Waals surface area (Å²) < 4.78 is 0. The minimum atomic E-state index is 0.505. The Balaban J connectivity index is 2.76. The van der Waals surface area contributed by atoms with Crippen molar-refractivity contribution in [3.05, 3.63) is 17.0 Å². The van der Waals surface area contributed by atoms with Gasteiger partial charge in [-0.05, 0) is 6.42 Å². The average Bonchev–Trinajstić information content (AvgIpc) is 2.14. The quantitative estimate of drug-likeness (QED) is 0.758. The number of hydrogen-bond acceptors (Lipinski definition) is 3. The Kier molecular flexibility index (Phi) is 3.96. The highest BCUT2D eigenvalue weighted by Gasteiger charge is 2.00. The first kappa shape index (κ1) is 10.3. The number of aromatic nitrogens is 2. The van der Waals surface area contributed by atoms with E-state index >= 15 is 0 Å². The molecule has 0 radical (unpaired) electrons. The van der Waals surface area contributed by atoms with Crippen LogP contribution in [-0.2, 0) is 6.42 Å². The van der Waals surface area contributed by atoms with Crippen LogP contribution in [0.15, 0.2) is 6.07 Å². The first-order valence-electron chi connectivity index (χ1n) is 4.47. The van der Waals surface area contributed by atoms with Crippen molar-refractivity contribution in [2.24, 2.45) is 0 Å². The summed E-state index contributed by atoms with van der Waals surface area (Å²) in [6.45, 7) is 2.14. The molecular weight excluding hydrogens is 186 g/mol. The third-order valence-electron chi connectivity index (χ3n) is 1.75. The lowest BCUT2D eigenvalue weighted by molar-refractivity contribution is 0.753. The lowest BCUT2D eigenvalue weighted by atomic mass is 10.2. The largest absolute Gasteiger partial charge is 0.373 e. The molecule has 0 aliphatic heterocycles. The van der Waals surface area contributed by atoms with Crippen molar-refractivity contribution in [1.29, 1.82) is 0 Å². The number of unbranched alkanes of at least 4 members (excludes halogenated alkanes) is 1. The van der Waals surface area contributed by atoms with E-state index in [1.807, 2.05) is 7.05 Å². The van der Waals surface area contributed by atoms with Crippen molar-refractivity contribution >= 4 is 17.4 Å². The van der Waals surface area contributed by atoms with Gasteiger partial charge in [0, 0.05) is 19.5 Å². The molecule has 0 saturated carbocycles. The second kappa shape index (κ2) is 5.02. The van der Waals surface area contributed by atoms with Crippen molar-refractivity contribution in [2.45, 2.75) is 26.2 Å². The molecule has 72 valence electrons. The van der Waals surface area contributed by atoms with Gasteiger partial charge in [-0.15, -0.1) is 0 Å². The maximum absolute atomic E-state index is 5.82. The summed E-state index contributed by atoms with van der Waals surface area (Å²) in [7, 11) is 1.82. The molecule has 1 N–H and O–H groups in total. The molecule has 0 fully saturated rings. The lowest BCUT2D eigenvalue weighted by Crippen LogP contribution is -2.00. The van der Waals surface area contributed by atoms with Crippen LogP contribution in [0.5, 0.6) is 0 Å². The number of aryl methyl sites for hydroxylation is 1. The van der Waals surface area contributed by atoms with Crippen molar-refractivity contribution in [3.63, 3.8) is 0 Å². The third kappa shape index (κ3) is 3.19. The van der Waals surface area contributed by atoms with E-state index in [1.54, 1.807) is 6.07 Å². The fourth-order valence-electron chi connectivity index (χ4n) is 1.04. The molecule has 13 heavy (non-hydrogen) atoms. The Labute approximate surface area is 83.5 Å². The van der Waals surface area contributed by atoms with E-state index in [1.165, 1.54) is 0 Å². The summed E-state index contributed by atoms with van der Waals surface area (Å²) in [6, 6.07) is 1.72. The fourth-order valence-corrected chi connectivity index (χ4v) is 1.24. The van der Waals surface area contributed by atoms with E-state index in [9.17, 15) is 0 Å². The highest BCUT2D eigenvalue weighted by molar-refractivity contribution is 6.29. The van der Waals surface area contributed by atoms with Crippen LogP contribution in [0.4, 0.5) is 5.82 Å². The Morgan fingerprint density at radius 1 is 1.46 bits per heavy atom. The molecule has 0 atom stereocenters. The highest BCUT2D eigenvalue weighted by Crippen LogP contribution is 2.12. The molecule has 0 unspecified atom stereocenters. The summed E-state index contributed by atoms with van der Waals surface area (Å²) in [6.07, 6.45) is 3.14. The van der Waals surface area contributed by atoms with Gasteiger partial charge in [-0.25, -0.2) is 9.97 Å². The zero-order chi connectivity index (χ0) is 9.68. The van der Waals surface area contributed by atoms with E-state index in [-0.39, 0.29) is 0 Å². The summed E-state index contributed by atoms with van der Waals surface area (Å²) in [5.41, 5.74) is 0. The van der Waals surface area contributed by atoms with Gasteiger partial charge in [0.05, 0.1) is 0 Å². The van der Waals surface area contributed by atoms with Crippen LogP contribution in [0.2, 0.25) is 5.15 Å². The number of hydrogen-bond donors (Lipinski definition) is 1. The van der Waals surface area contributed by atoms with E-state index in [0.29, 0.717) is 5.15 Å². The first-order chi connectivity index (χ1) is 6.26. The van der Waals surface area contributed by atoms with Crippen molar-refractivity contribution in [3.8, 4) is 0 Å².